The van der Waals surface area contributed by atoms with Crippen LogP contribution in [0.15, 0.2) is 23.1 Å². The monoisotopic (exact) mass is 268 g/mol. The number of aryl methyl sites for hydroxylation is 1. The van der Waals surface area contributed by atoms with Gasteiger partial charge in [0, 0.05) is 24.2 Å². The van der Waals surface area contributed by atoms with E-state index >= 15 is 0 Å². The van der Waals surface area contributed by atoms with Gasteiger partial charge >= 0.3 is 0 Å². The number of carbonyl (C=O) groups is 1. The van der Waals surface area contributed by atoms with Crippen LogP contribution >= 0.6 is 11.8 Å². The van der Waals surface area contributed by atoms with E-state index < -0.39 is 0 Å². The summed E-state index contributed by atoms with van der Waals surface area (Å²) in [6, 6.07) is 5.86. The van der Waals surface area contributed by atoms with E-state index in [2.05, 4.69) is 5.32 Å². The van der Waals surface area contributed by atoms with Crippen molar-refractivity contribution in [3.05, 3.63) is 23.8 Å². The molecule has 0 heterocycles. The Balaban J connectivity index is 2.53. The summed E-state index contributed by atoms with van der Waals surface area (Å²) in [5.74, 6) is -0.00275. The van der Waals surface area contributed by atoms with Crippen LogP contribution in [-0.4, -0.2) is 31.4 Å². The largest absolute Gasteiger partial charge is 0.398 e. The molecule has 5 heteroatoms. The molecule has 0 fully saturated rings. The SMILES string of the molecule is COCCNC(=O)C(C)Sc1ccc(C)cc1N. The lowest BCUT2D eigenvalue weighted by Gasteiger charge is -2.13. The predicted octanol–water partition coefficient (Wildman–Crippen LogP) is 1.82. The number of amides is 1. The molecule has 0 aliphatic heterocycles. The van der Waals surface area contributed by atoms with Gasteiger partial charge in [-0.2, -0.15) is 0 Å². The molecule has 0 aromatic heterocycles. The fourth-order valence-electron chi connectivity index (χ4n) is 1.44. The molecule has 0 spiro atoms. The summed E-state index contributed by atoms with van der Waals surface area (Å²) < 4.78 is 4.88. The van der Waals surface area contributed by atoms with Crippen molar-refractivity contribution >= 4 is 23.4 Å². The van der Waals surface area contributed by atoms with Gasteiger partial charge in [0.15, 0.2) is 0 Å². The quantitative estimate of drug-likeness (QED) is 0.469. The van der Waals surface area contributed by atoms with Crippen LogP contribution in [-0.2, 0) is 9.53 Å². The predicted molar refractivity (Wildman–Crippen MR) is 75.8 cm³/mol. The second-order valence-electron chi connectivity index (χ2n) is 4.09. The lowest BCUT2D eigenvalue weighted by atomic mass is 10.2. The van der Waals surface area contributed by atoms with Crippen molar-refractivity contribution in [2.24, 2.45) is 0 Å². The first-order chi connectivity index (χ1) is 8.54. The van der Waals surface area contributed by atoms with Gasteiger partial charge in [-0.3, -0.25) is 4.79 Å². The number of rotatable bonds is 6. The molecule has 1 atom stereocenters. The van der Waals surface area contributed by atoms with Gasteiger partial charge in [0.05, 0.1) is 11.9 Å². The summed E-state index contributed by atoms with van der Waals surface area (Å²) in [4.78, 5) is 12.7. The number of anilines is 1. The van der Waals surface area contributed by atoms with Crippen molar-refractivity contribution in [1.82, 2.24) is 5.32 Å². The first-order valence-corrected chi connectivity index (χ1v) is 6.72. The van der Waals surface area contributed by atoms with Crippen LogP contribution in [0, 0.1) is 6.92 Å². The van der Waals surface area contributed by atoms with E-state index in [1.165, 1.54) is 11.8 Å². The van der Waals surface area contributed by atoms with E-state index in [0.717, 1.165) is 16.1 Å². The van der Waals surface area contributed by atoms with Crippen LogP contribution in [0.25, 0.3) is 0 Å². The highest BCUT2D eigenvalue weighted by atomic mass is 32.2. The molecular formula is C13H20N2O2S. The molecule has 0 radical (unpaired) electrons. The summed E-state index contributed by atoms with van der Waals surface area (Å²) in [5, 5.41) is 2.63. The Morgan fingerprint density at radius 3 is 2.89 bits per heavy atom. The van der Waals surface area contributed by atoms with Crippen LogP contribution in [0.4, 0.5) is 5.69 Å². The summed E-state index contributed by atoms with van der Waals surface area (Å²) in [7, 11) is 1.61. The van der Waals surface area contributed by atoms with Crippen molar-refractivity contribution in [3.8, 4) is 0 Å². The van der Waals surface area contributed by atoms with Crippen molar-refractivity contribution in [2.45, 2.75) is 24.0 Å². The number of nitrogen functional groups attached to an aromatic ring is 1. The highest BCUT2D eigenvalue weighted by Gasteiger charge is 2.15. The van der Waals surface area contributed by atoms with Crippen LogP contribution in [0.2, 0.25) is 0 Å². The van der Waals surface area contributed by atoms with Gasteiger partial charge in [0.1, 0.15) is 0 Å². The molecule has 0 aliphatic carbocycles. The summed E-state index contributed by atoms with van der Waals surface area (Å²) in [5.41, 5.74) is 7.76. The molecular weight excluding hydrogens is 248 g/mol. The van der Waals surface area contributed by atoms with Gasteiger partial charge in [-0.05, 0) is 31.5 Å². The van der Waals surface area contributed by atoms with Gasteiger partial charge in [-0.1, -0.05) is 6.07 Å². The average Bonchev–Trinajstić information content (AvgIpc) is 2.32. The van der Waals surface area contributed by atoms with Crippen LogP contribution in [0.5, 0.6) is 0 Å². The van der Waals surface area contributed by atoms with Crippen molar-refractivity contribution in [2.75, 3.05) is 26.0 Å². The first-order valence-electron chi connectivity index (χ1n) is 5.84. The highest BCUT2D eigenvalue weighted by molar-refractivity contribution is 8.00. The summed E-state index contributed by atoms with van der Waals surface area (Å²) in [6.45, 7) is 4.91. The lowest BCUT2D eigenvalue weighted by molar-refractivity contribution is -0.120. The molecule has 4 nitrogen and oxygen atoms in total. The molecule has 3 N–H and O–H groups in total. The second kappa shape index (κ2) is 7.28. The smallest absolute Gasteiger partial charge is 0.233 e. The Bertz CT molecular complexity index is 410. The zero-order valence-electron chi connectivity index (χ0n) is 11.0. The third-order valence-electron chi connectivity index (χ3n) is 2.44. The van der Waals surface area contributed by atoms with E-state index in [0.29, 0.717) is 13.2 Å². The molecule has 1 amide bonds. The molecule has 1 rings (SSSR count). The van der Waals surface area contributed by atoms with Gasteiger partial charge in [-0.15, -0.1) is 11.8 Å². The Morgan fingerprint density at radius 2 is 2.28 bits per heavy atom. The molecule has 18 heavy (non-hydrogen) atoms. The maximum atomic E-state index is 11.8. The topological polar surface area (TPSA) is 64.3 Å². The van der Waals surface area contributed by atoms with Gasteiger partial charge in [0.25, 0.3) is 0 Å². The molecule has 1 unspecified atom stereocenters. The normalized spacial score (nSPS) is 12.2. The molecule has 100 valence electrons. The van der Waals surface area contributed by atoms with Gasteiger partial charge < -0.3 is 15.8 Å². The molecule has 1 aromatic rings. The average molecular weight is 268 g/mol. The number of thioether (sulfide) groups is 1. The lowest BCUT2D eigenvalue weighted by Crippen LogP contribution is -2.33. The van der Waals surface area contributed by atoms with Gasteiger partial charge in [-0.25, -0.2) is 0 Å². The van der Waals surface area contributed by atoms with Crippen LogP contribution in [0.1, 0.15) is 12.5 Å². The summed E-state index contributed by atoms with van der Waals surface area (Å²) in [6.07, 6.45) is 0. The van der Waals surface area contributed by atoms with Crippen molar-refractivity contribution in [3.63, 3.8) is 0 Å². The van der Waals surface area contributed by atoms with Crippen LogP contribution < -0.4 is 11.1 Å². The number of ether oxygens (including phenoxy) is 1. The maximum absolute atomic E-state index is 11.8. The Labute approximate surface area is 112 Å². The van der Waals surface area contributed by atoms with E-state index in [1.54, 1.807) is 7.11 Å². The Morgan fingerprint density at radius 1 is 1.56 bits per heavy atom. The molecule has 0 saturated heterocycles. The van der Waals surface area contributed by atoms with Gasteiger partial charge in [0.2, 0.25) is 5.91 Å². The number of carbonyl (C=O) groups excluding carboxylic acids is 1. The standard InChI is InChI=1S/C13H20N2O2S/c1-9-4-5-12(11(14)8-9)18-10(2)13(16)15-6-7-17-3/h4-5,8,10H,6-7,14H2,1-3H3,(H,15,16). The zero-order valence-corrected chi connectivity index (χ0v) is 11.8. The first kappa shape index (κ1) is 14.9. The van der Waals surface area contributed by atoms with E-state index in [9.17, 15) is 4.79 Å². The fourth-order valence-corrected chi connectivity index (χ4v) is 2.35. The van der Waals surface area contributed by atoms with Crippen molar-refractivity contribution < 1.29 is 9.53 Å². The number of benzene rings is 1. The molecule has 0 aliphatic rings. The third kappa shape index (κ3) is 4.58. The number of nitrogens with two attached hydrogens (primary N) is 1. The molecule has 0 saturated carbocycles. The molecule has 0 bridgehead atoms. The van der Waals surface area contributed by atoms with Crippen molar-refractivity contribution in [1.29, 1.82) is 0 Å². The Kier molecular flexibility index (Phi) is 6.01. The fraction of sp³-hybridized carbons (Fsp3) is 0.462. The van der Waals surface area contributed by atoms with E-state index in [1.807, 2.05) is 32.0 Å². The number of hydrogen-bond acceptors (Lipinski definition) is 4. The number of methoxy groups -OCH3 is 1. The van der Waals surface area contributed by atoms with E-state index in [4.69, 9.17) is 10.5 Å². The zero-order chi connectivity index (χ0) is 13.5. The number of nitrogens with one attached hydrogen (secondary N) is 1. The Hall–Kier alpha value is -1.20. The minimum Gasteiger partial charge on any atom is -0.398 e. The maximum Gasteiger partial charge on any atom is 0.233 e. The van der Waals surface area contributed by atoms with Crippen LogP contribution in [0.3, 0.4) is 0 Å². The number of hydrogen-bond donors (Lipinski definition) is 2. The minimum absolute atomic E-state index is 0.00275. The summed E-state index contributed by atoms with van der Waals surface area (Å²) >= 11 is 1.47. The highest BCUT2D eigenvalue weighted by Crippen LogP contribution is 2.29. The third-order valence-corrected chi connectivity index (χ3v) is 3.64. The minimum atomic E-state index is -0.174. The van der Waals surface area contributed by atoms with E-state index in [-0.39, 0.29) is 11.2 Å². The molecule has 1 aromatic carbocycles. The second-order valence-corrected chi connectivity index (χ2v) is 5.47.